The molecule has 0 radical (unpaired) electrons. The molecular formula is C11H15N3O6. The largest absolute Gasteiger partial charge is 0.480 e. The maximum atomic E-state index is 11.8. The highest BCUT2D eigenvalue weighted by Crippen LogP contribution is 2.03. The second-order valence-corrected chi connectivity index (χ2v) is 4.07. The van der Waals surface area contributed by atoms with E-state index in [1.54, 1.807) is 0 Å². The predicted octanol–water partition coefficient (Wildman–Crippen LogP) is -1.22. The Morgan fingerprint density at radius 2 is 2.15 bits per heavy atom. The van der Waals surface area contributed by atoms with E-state index in [4.69, 9.17) is 5.11 Å². The third-order valence-corrected chi connectivity index (χ3v) is 2.63. The number of rotatable bonds is 6. The number of nitrogens with one attached hydrogen (secondary N) is 2. The van der Waals surface area contributed by atoms with E-state index in [1.165, 1.54) is 7.11 Å². The summed E-state index contributed by atoms with van der Waals surface area (Å²) < 4.78 is 4.40. The summed E-state index contributed by atoms with van der Waals surface area (Å²) in [4.78, 5) is 44.6. The minimum atomic E-state index is -1.26. The highest BCUT2D eigenvalue weighted by atomic mass is 16.5. The summed E-state index contributed by atoms with van der Waals surface area (Å²) in [6.45, 7) is 0. The van der Waals surface area contributed by atoms with Crippen LogP contribution in [0.5, 0.6) is 0 Å². The Balaban J connectivity index is 2.57. The van der Waals surface area contributed by atoms with Crippen LogP contribution < -0.4 is 10.7 Å². The summed E-state index contributed by atoms with van der Waals surface area (Å²) in [6.07, 6.45) is 0.0392. The molecule has 0 aromatic rings. The number of methoxy groups -OCH3 is 1. The van der Waals surface area contributed by atoms with Gasteiger partial charge in [-0.2, -0.15) is 5.10 Å². The summed E-state index contributed by atoms with van der Waals surface area (Å²) in [5.74, 6) is -2.81. The second-order valence-electron chi connectivity index (χ2n) is 4.07. The normalized spacial score (nSPS) is 15.7. The lowest BCUT2D eigenvalue weighted by atomic mass is 10.1. The monoisotopic (exact) mass is 285 g/mol. The summed E-state index contributed by atoms with van der Waals surface area (Å²) in [6, 6.07) is -1.22. The van der Waals surface area contributed by atoms with E-state index >= 15 is 0 Å². The van der Waals surface area contributed by atoms with Crippen molar-refractivity contribution in [1.29, 1.82) is 0 Å². The fourth-order valence-corrected chi connectivity index (χ4v) is 1.50. The Labute approximate surface area is 114 Å². The zero-order valence-electron chi connectivity index (χ0n) is 10.8. The first kappa shape index (κ1) is 15.6. The number of carboxylic acid groups (broad SMARTS) is 1. The van der Waals surface area contributed by atoms with Gasteiger partial charge in [0.1, 0.15) is 11.8 Å². The number of carbonyl (C=O) groups is 4. The molecule has 0 saturated heterocycles. The van der Waals surface area contributed by atoms with Crippen LogP contribution in [-0.4, -0.2) is 47.7 Å². The average molecular weight is 285 g/mol. The van der Waals surface area contributed by atoms with E-state index in [0.29, 0.717) is 0 Å². The third-order valence-electron chi connectivity index (χ3n) is 2.63. The number of hydrogen-bond acceptors (Lipinski definition) is 6. The molecule has 1 aliphatic heterocycles. The van der Waals surface area contributed by atoms with Gasteiger partial charge in [0.2, 0.25) is 5.91 Å². The van der Waals surface area contributed by atoms with Gasteiger partial charge < -0.3 is 15.2 Å². The van der Waals surface area contributed by atoms with E-state index in [-0.39, 0.29) is 37.3 Å². The van der Waals surface area contributed by atoms with Crippen molar-refractivity contribution in [3.8, 4) is 0 Å². The van der Waals surface area contributed by atoms with E-state index in [9.17, 15) is 19.2 Å². The third kappa shape index (κ3) is 4.67. The van der Waals surface area contributed by atoms with Crippen LogP contribution in [0.1, 0.15) is 25.7 Å². The zero-order valence-corrected chi connectivity index (χ0v) is 10.8. The van der Waals surface area contributed by atoms with Crippen LogP contribution >= 0.6 is 0 Å². The molecular weight excluding hydrogens is 270 g/mol. The molecule has 1 atom stereocenters. The van der Waals surface area contributed by atoms with Gasteiger partial charge >= 0.3 is 11.9 Å². The van der Waals surface area contributed by atoms with Gasteiger partial charge in [0.05, 0.1) is 7.11 Å². The van der Waals surface area contributed by atoms with Gasteiger partial charge in [-0.1, -0.05) is 0 Å². The van der Waals surface area contributed by atoms with Gasteiger partial charge in [0.15, 0.2) is 0 Å². The van der Waals surface area contributed by atoms with Crippen LogP contribution in [0.15, 0.2) is 5.10 Å². The fourth-order valence-electron chi connectivity index (χ4n) is 1.50. The van der Waals surface area contributed by atoms with Crippen molar-refractivity contribution in [2.24, 2.45) is 5.10 Å². The summed E-state index contributed by atoms with van der Waals surface area (Å²) in [5, 5.41) is 14.8. The number of carbonyl (C=O) groups excluding carboxylic acids is 3. The molecule has 3 N–H and O–H groups in total. The standard InChI is InChI=1S/C11H15N3O6/c1-20-9(16)5-3-7(11(18)19)12-10(17)6-2-4-8(15)14-13-6/h7H,2-5H2,1H3,(H,12,17)(H,14,15)(H,18,19)/t7-/m0/s1. The maximum Gasteiger partial charge on any atom is 0.326 e. The number of hydrazone groups is 1. The van der Waals surface area contributed by atoms with Gasteiger partial charge in [-0.25, -0.2) is 10.2 Å². The SMILES string of the molecule is COC(=O)CC[C@H](NC(=O)C1=NNC(=O)CC1)C(=O)O. The molecule has 0 aromatic heterocycles. The molecule has 0 saturated carbocycles. The van der Waals surface area contributed by atoms with E-state index < -0.39 is 23.9 Å². The van der Waals surface area contributed by atoms with Crippen molar-refractivity contribution >= 4 is 29.5 Å². The smallest absolute Gasteiger partial charge is 0.326 e. The van der Waals surface area contributed by atoms with Crippen molar-refractivity contribution in [2.75, 3.05) is 7.11 Å². The molecule has 1 aliphatic rings. The molecule has 0 fully saturated rings. The Bertz CT molecular complexity index is 459. The van der Waals surface area contributed by atoms with Crippen LogP contribution in [0.25, 0.3) is 0 Å². The topological polar surface area (TPSA) is 134 Å². The molecule has 1 rings (SSSR count). The van der Waals surface area contributed by atoms with Crippen molar-refractivity contribution in [3.05, 3.63) is 0 Å². The van der Waals surface area contributed by atoms with Crippen LogP contribution in [0, 0.1) is 0 Å². The highest BCUT2D eigenvalue weighted by Gasteiger charge is 2.25. The Hall–Kier alpha value is -2.45. The molecule has 0 spiro atoms. The zero-order chi connectivity index (χ0) is 15.1. The molecule has 9 nitrogen and oxygen atoms in total. The molecule has 0 bridgehead atoms. The Morgan fingerprint density at radius 1 is 1.45 bits per heavy atom. The van der Waals surface area contributed by atoms with E-state index in [1.807, 2.05) is 0 Å². The molecule has 2 amide bonds. The van der Waals surface area contributed by atoms with Crippen LogP contribution in [0.3, 0.4) is 0 Å². The van der Waals surface area contributed by atoms with Gasteiger partial charge in [-0.05, 0) is 6.42 Å². The molecule has 20 heavy (non-hydrogen) atoms. The van der Waals surface area contributed by atoms with Crippen LogP contribution in [0.4, 0.5) is 0 Å². The number of ether oxygens (including phenoxy) is 1. The highest BCUT2D eigenvalue weighted by molar-refractivity contribution is 6.39. The maximum absolute atomic E-state index is 11.8. The van der Waals surface area contributed by atoms with Crippen molar-refractivity contribution in [3.63, 3.8) is 0 Å². The second kappa shape index (κ2) is 7.22. The molecule has 1 heterocycles. The predicted molar refractivity (Wildman–Crippen MR) is 65.6 cm³/mol. The first-order valence-corrected chi connectivity index (χ1v) is 5.90. The fraction of sp³-hybridized carbons (Fsp3) is 0.545. The lowest BCUT2D eigenvalue weighted by molar-refractivity contribution is -0.143. The van der Waals surface area contributed by atoms with Gasteiger partial charge in [-0.15, -0.1) is 0 Å². The number of aliphatic carboxylic acids is 1. The lowest BCUT2D eigenvalue weighted by Gasteiger charge is -2.16. The van der Waals surface area contributed by atoms with E-state index in [0.717, 1.165) is 0 Å². The number of nitrogens with zero attached hydrogens (tertiary/aromatic N) is 1. The van der Waals surface area contributed by atoms with Crippen molar-refractivity contribution in [2.45, 2.75) is 31.7 Å². The Morgan fingerprint density at radius 3 is 2.65 bits per heavy atom. The minimum Gasteiger partial charge on any atom is -0.480 e. The molecule has 0 aromatic carbocycles. The molecule has 0 unspecified atom stereocenters. The number of hydrogen-bond donors (Lipinski definition) is 3. The van der Waals surface area contributed by atoms with Gasteiger partial charge in [0.25, 0.3) is 5.91 Å². The molecule has 0 aliphatic carbocycles. The lowest BCUT2D eigenvalue weighted by Crippen LogP contribution is -2.45. The van der Waals surface area contributed by atoms with E-state index in [2.05, 4.69) is 20.6 Å². The van der Waals surface area contributed by atoms with Crippen molar-refractivity contribution < 1.29 is 29.0 Å². The average Bonchev–Trinajstić information content (AvgIpc) is 2.43. The van der Waals surface area contributed by atoms with Crippen molar-refractivity contribution in [1.82, 2.24) is 10.7 Å². The summed E-state index contributed by atoms with van der Waals surface area (Å²) in [5.41, 5.74) is 2.19. The van der Waals surface area contributed by atoms with Gasteiger partial charge in [-0.3, -0.25) is 14.4 Å². The minimum absolute atomic E-state index is 0.0499. The van der Waals surface area contributed by atoms with Gasteiger partial charge in [0, 0.05) is 19.3 Å². The Kier molecular flexibility index (Phi) is 5.63. The number of esters is 1. The first-order valence-electron chi connectivity index (χ1n) is 5.90. The van der Waals surface area contributed by atoms with Crippen LogP contribution in [0.2, 0.25) is 0 Å². The molecule has 9 heteroatoms. The molecule has 110 valence electrons. The first-order chi connectivity index (χ1) is 9.43. The van der Waals surface area contributed by atoms with Crippen LogP contribution in [-0.2, 0) is 23.9 Å². The quantitative estimate of drug-likeness (QED) is 0.523. The summed E-state index contributed by atoms with van der Waals surface area (Å²) >= 11 is 0. The number of amides is 2. The summed E-state index contributed by atoms with van der Waals surface area (Å²) in [7, 11) is 1.19. The number of carboxylic acids is 1.